The van der Waals surface area contributed by atoms with Crippen LogP contribution in [0.25, 0.3) is 0 Å². The van der Waals surface area contributed by atoms with E-state index in [4.69, 9.17) is 4.74 Å². The highest BCUT2D eigenvalue weighted by molar-refractivity contribution is 6.19. The Hall–Kier alpha value is -3.19. The van der Waals surface area contributed by atoms with Crippen LogP contribution in [-0.4, -0.2) is 60.5 Å². The molecule has 0 radical (unpaired) electrons. The summed E-state index contributed by atoms with van der Waals surface area (Å²) >= 11 is 0. The summed E-state index contributed by atoms with van der Waals surface area (Å²) in [6.07, 6.45) is 1.64. The molecular weight excluding hydrogens is 382 g/mol. The van der Waals surface area contributed by atoms with Crippen molar-refractivity contribution in [3.05, 3.63) is 65.7 Å². The quantitative estimate of drug-likeness (QED) is 0.563. The van der Waals surface area contributed by atoms with E-state index in [1.807, 2.05) is 36.4 Å². The van der Waals surface area contributed by atoms with Gasteiger partial charge in [-0.15, -0.1) is 0 Å². The fraction of sp³-hybridized carbons (Fsp3) is 0.348. The molecule has 0 aliphatic carbocycles. The molecule has 0 unspecified atom stereocenters. The molecule has 0 atom stereocenters. The number of ether oxygens (including phenoxy) is 1. The van der Waals surface area contributed by atoms with Gasteiger partial charge in [0.1, 0.15) is 6.54 Å². The molecular formula is C23H25N3O4. The van der Waals surface area contributed by atoms with Gasteiger partial charge < -0.3 is 9.64 Å². The molecule has 2 aliphatic rings. The molecule has 0 saturated carbocycles. The van der Waals surface area contributed by atoms with Crippen LogP contribution in [0.3, 0.4) is 0 Å². The van der Waals surface area contributed by atoms with E-state index < -0.39 is 0 Å². The van der Waals surface area contributed by atoms with Gasteiger partial charge in [0.2, 0.25) is 0 Å². The highest BCUT2D eigenvalue weighted by atomic mass is 16.5. The van der Waals surface area contributed by atoms with Crippen LogP contribution in [0.5, 0.6) is 0 Å². The first-order valence-corrected chi connectivity index (χ1v) is 10.1. The fourth-order valence-electron chi connectivity index (χ4n) is 4.20. The number of amides is 3. The SMILES string of the molecule is COC(=O)c1cccc(CN2CCC(N3CC(=O)N(c4ccccc4)C3=O)CC2)c1. The van der Waals surface area contributed by atoms with Crippen molar-refractivity contribution in [3.63, 3.8) is 0 Å². The summed E-state index contributed by atoms with van der Waals surface area (Å²) in [5.41, 5.74) is 2.23. The lowest BCUT2D eigenvalue weighted by Gasteiger charge is -2.36. The van der Waals surface area contributed by atoms with Gasteiger partial charge in [0.25, 0.3) is 5.91 Å². The Labute approximate surface area is 175 Å². The third-order valence-corrected chi connectivity index (χ3v) is 5.76. The van der Waals surface area contributed by atoms with Crippen molar-refractivity contribution in [2.75, 3.05) is 31.6 Å². The Morgan fingerprint density at radius 2 is 1.77 bits per heavy atom. The van der Waals surface area contributed by atoms with Crippen LogP contribution in [0.2, 0.25) is 0 Å². The van der Waals surface area contributed by atoms with E-state index in [1.165, 1.54) is 12.0 Å². The summed E-state index contributed by atoms with van der Waals surface area (Å²) in [6.45, 7) is 2.53. The number of carbonyl (C=O) groups is 3. The second-order valence-corrected chi connectivity index (χ2v) is 7.67. The molecule has 2 saturated heterocycles. The van der Waals surface area contributed by atoms with Gasteiger partial charge in [0.15, 0.2) is 0 Å². The van der Waals surface area contributed by atoms with Crippen molar-refractivity contribution in [1.29, 1.82) is 0 Å². The number of nitrogens with zero attached hydrogens (tertiary/aromatic N) is 3. The highest BCUT2D eigenvalue weighted by Gasteiger charge is 2.41. The van der Waals surface area contributed by atoms with Gasteiger partial charge in [-0.05, 0) is 42.7 Å². The second kappa shape index (κ2) is 8.67. The zero-order chi connectivity index (χ0) is 21.1. The summed E-state index contributed by atoms with van der Waals surface area (Å²) in [5, 5.41) is 0. The number of likely N-dealkylation sites (tertiary alicyclic amines) is 1. The highest BCUT2D eigenvalue weighted by Crippen LogP contribution is 2.26. The van der Waals surface area contributed by atoms with Crippen LogP contribution in [0.1, 0.15) is 28.8 Å². The Bertz CT molecular complexity index is 938. The number of para-hydroxylation sites is 1. The fourth-order valence-corrected chi connectivity index (χ4v) is 4.20. The van der Waals surface area contributed by atoms with E-state index in [-0.39, 0.29) is 30.5 Å². The molecule has 7 nitrogen and oxygen atoms in total. The average molecular weight is 407 g/mol. The number of carbonyl (C=O) groups excluding carboxylic acids is 3. The molecule has 30 heavy (non-hydrogen) atoms. The molecule has 4 rings (SSSR count). The molecule has 2 aromatic carbocycles. The Morgan fingerprint density at radius 1 is 1.03 bits per heavy atom. The first-order valence-electron chi connectivity index (χ1n) is 10.1. The minimum Gasteiger partial charge on any atom is -0.465 e. The minimum atomic E-state index is -0.337. The number of methoxy groups -OCH3 is 1. The third kappa shape index (κ3) is 4.07. The second-order valence-electron chi connectivity index (χ2n) is 7.67. The van der Waals surface area contributed by atoms with E-state index in [0.717, 1.165) is 38.0 Å². The van der Waals surface area contributed by atoms with E-state index in [9.17, 15) is 14.4 Å². The van der Waals surface area contributed by atoms with Crippen molar-refractivity contribution >= 4 is 23.6 Å². The Morgan fingerprint density at radius 3 is 2.47 bits per heavy atom. The number of piperidine rings is 1. The van der Waals surface area contributed by atoms with Gasteiger partial charge in [0.05, 0.1) is 18.4 Å². The smallest absolute Gasteiger partial charge is 0.337 e. The molecule has 2 heterocycles. The maximum Gasteiger partial charge on any atom is 0.337 e. The van der Waals surface area contributed by atoms with Crippen LogP contribution in [0.15, 0.2) is 54.6 Å². The summed E-state index contributed by atoms with van der Waals surface area (Å²) in [5.74, 6) is -0.510. The number of hydrogen-bond donors (Lipinski definition) is 0. The average Bonchev–Trinajstić information content (AvgIpc) is 3.08. The van der Waals surface area contributed by atoms with Crippen molar-refractivity contribution in [3.8, 4) is 0 Å². The Kier molecular flexibility index (Phi) is 5.81. The number of benzene rings is 2. The number of imide groups is 1. The van der Waals surface area contributed by atoms with Gasteiger partial charge in [-0.1, -0.05) is 30.3 Å². The predicted octanol–water partition coefficient (Wildman–Crippen LogP) is 2.91. The summed E-state index contributed by atoms with van der Waals surface area (Å²) in [6, 6.07) is 16.4. The van der Waals surface area contributed by atoms with Crippen LogP contribution < -0.4 is 4.90 Å². The molecule has 2 fully saturated rings. The van der Waals surface area contributed by atoms with Crippen molar-refractivity contribution in [1.82, 2.24) is 9.80 Å². The van der Waals surface area contributed by atoms with E-state index >= 15 is 0 Å². The third-order valence-electron chi connectivity index (χ3n) is 5.76. The van der Waals surface area contributed by atoms with Crippen LogP contribution in [0.4, 0.5) is 10.5 Å². The molecule has 0 spiro atoms. The molecule has 0 N–H and O–H groups in total. The molecule has 156 valence electrons. The monoisotopic (exact) mass is 407 g/mol. The lowest BCUT2D eigenvalue weighted by Crippen LogP contribution is -2.46. The van der Waals surface area contributed by atoms with Crippen molar-refractivity contribution < 1.29 is 19.1 Å². The van der Waals surface area contributed by atoms with Gasteiger partial charge in [-0.2, -0.15) is 0 Å². The van der Waals surface area contributed by atoms with E-state index in [0.29, 0.717) is 11.3 Å². The standard InChI is InChI=1S/C23H25N3O4/c1-30-22(28)18-7-5-6-17(14-18)15-24-12-10-19(11-13-24)25-16-21(27)26(23(25)29)20-8-3-2-4-9-20/h2-9,14,19H,10-13,15-16H2,1H3. The molecule has 7 heteroatoms. The number of anilines is 1. The maximum atomic E-state index is 12.9. The lowest BCUT2D eigenvalue weighted by molar-refractivity contribution is -0.116. The van der Waals surface area contributed by atoms with Gasteiger partial charge in [0, 0.05) is 25.7 Å². The molecule has 2 aliphatic heterocycles. The normalized spacial score (nSPS) is 18.2. The zero-order valence-corrected chi connectivity index (χ0v) is 17.0. The first-order chi connectivity index (χ1) is 14.6. The molecule has 3 amide bonds. The summed E-state index contributed by atoms with van der Waals surface area (Å²) in [4.78, 5) is 42.4. The van der Waals surface area contributed by atoms with Gasteiger partial charge >= 0.3 is 12.0 Å². The van der Waals surface area contributed by atoms with Crippen LogP contribution in [0, 0.1) is 0 Å². The van der Waals surface area contributed by atoms with Crippen LogP contribution >= 0.6 is 0 Å². The number of hydrogen-bond acceptors (Lipinski definition) is 5. The van der Waals surface area contributed by atoms with E-state index in [1.54, 1.807) is 23.1 Å². The number of urea groups is 1. The van der Waals surface area contributed by atoms with Gasteiger partial charge in [-0.3, -0.25) is 9.69 Å². The van der Waals surface area contributed by atoms with Crippen LogP contribution in [-0.2, 0) is 16.1 Å². The maximum absolute atomic E-state index is 12.9. The summed E-state index contributed by atoms with van der Waals surface area (Å²) in [7, 11) is 1.38. The molecule has 2 aromatic rings. The number of esters is 1. The predicted molar refractivity (Wildman–Crippen MR) is 112 cm³/mol. The van der Waals surface area contributed by atoms with E-state index in [2.05, 4.69) is 4.90 Å². The van der Waals surface area contributed by atoms with Crippen molar-refractivity contribution in [2.45, 2.75) is 25.4 Å². The summed E-state index contributed by atoms with van der Waals surface area (Å²) < 4.78 is 4.79. The zero-order valence-electron chi connectivity index (χ0n) is 17.0. The largest absolute Gasteiger partial charge is 0.465 e. The van der Waals surface area contributed by atoms with Crippen molar-refractivity contribution in [2.24, 2.45) is 0 Å². The molecule has 0 bridgehead atoms. The number of rotatable bonds is 5. The first kappa shape index (κ1) is 20.1. The lowest BCUT2D eigenvalue weighted by atomic mass is 10.0. The topological polar surface area (TPSA) is 70.2 Å². The van der Waals surface area contributed by atoms with Gasteiger partial charge in [-0.25, -0.2) is 14.5 Å². The molecule has 0 aromatic heterocycles. The minimum absolute atomic E-state index is 0.0628. The Balaban J connectivity index is 1.35.